The number of para-hydroxylation sites is 1. The van der Waals surface area contributed by atoms with Crippen molar-refractivity contribution in [1.29, 1.82) is 0 Å². The highest BCUT2D eigenvalue weighted by Crippen LogP contribution is 2.27. The number of aryl methyl sites for hydroxylation is 1. The lowest BCUT2D eigenvalue weighted by atomic mass is 10.2. The van der Waals surface area contributed by atoms with Crippen molar-refractivity contribution >= 4 is 34.6 Å². The highest BCUT2D eigenvalue weighted by atomic mass is 35.5. The maximum atomic E-state index is 5.88. The fraction of sp³-hybridized carbons (Fsp3) is 0.0476. The van der Waals surface area contributed by atoms with E-state index in [-0.39, 0.29) is 0 Å². The molecular formula is C21H15ClN2O. The summed E-state index contributed by atoms with van der Waals surface area (Å²) < 4.78 is 5.85. The lowest BCUT2D eigenvalue weighted by molar-refractivity contribution is 0.620. The minimum atomic E-state index is 0.623. The van der Waals surface area contributed by atoms with Crippen LogP contribution in [-0.2, 0) is 0 Å². The SMILES string of the molecule is Cc1cccc2oc(-c3ccc(N=Cc4ccc(Cl)cc4)cc3)nc12. The summed E-state index contributed by atoms with van der Waals surface area (Å²) in [7, 11) is 0. The lowest BCUT2D eigenvalue weighted by Crippen LogP contribution is -1.80. The van der Waals surface area contributed by atoms with E-state index in [2.05, 4.69) is 9.98 Å². The van der Waals surface area contributed by atoms with Gasteiger partial charge in [0.2, 0.25) is 5.89 Å². The van der Waals surface area contributed by atoms with E-state index in [0.717, 1.165) is 38.5 Å². The van der Waals surface area contributed by atoms with Crippen molar-refractivity contribution in [2.45, 2.75) is 6.92 Å². The summed E-state index contributed by atoms with van der Waals surface area (Å²) >= 11 is 5.88. The summed E-state index contributed by atoms with van der Waals surface area (Å²) in [4.78, 5) is 9.08. The summed E-state index contributed by atoms with van der Waals surface area (Å²) in [5, 5.41) is 0.718. The fourth-order valence-corrected chi connectivity index (χ4v) is 2.72. The molecule has 25 heavy (non-hydrogen) atoms. The predicted octanol–water partition coefficient (Wildman–Crippen LogP) is 6.21. The van der Waals surface area contributed by atoms with E-state index in [0.29, 0.717) is 5.89 Å². The van der Waals surface area contributed by atoms with Crippen LogP contribution in [0.15, 0.2) is 76.1 Å². The van der Waals surface area contributed by atoms with Gasteiger partial charge < -0.3 is 4.42 Å². The van der Waals surface area contributed by atoms with Crippen LogP contribution in [0.4, 0.5) is 5.69 Å². The van der Waals surface area contributed by atoms with Crippen molar-refractivity contribution in [1.82, 2.24) is 4.98 Å². The predicted molar refractivity (Wildman–Crippen MR) is 103 cm³/mol. The Bertz CT molecular complexity index is 1050. The number of benzene rings is 3. The molecule has 0 aliphatic carbocycles. The molecule has 3 aromatic carbocycles. The molecule has 0 amide bonds. The molecule has 0 aliphatic heterocycles. The molecule has 0 radical (unpaired) electrons. The quantitative estimate of drug-likeness (QED) is 0.414. The van der Waals surface area contributed by atoms with Gasteiger partial charge in [0.15, 0.2) is 5.58 Å². The first-order valence-corrected chi connectivity index (χ1v) is 8.33. The molecule has 0 bridgehead atoms. The number of hydrogen-bond acceptors (Lipinski definition) is 3. The molecule has 4 aromatic rings. The number of aromatic nitrogens is 1. The van der Waals surface area contributed by atoms with Gasteiger partial charge in [-0.2, -0.15) is 0 Å². The number of aliphatic imine (C=N–C) groups is 1. The molecule has 0 aliphatic rings. The van der Waals surface area contributed by atoms with Gasteiger partial charge in [-0.15, -0.1) is 0 Å². The van der Waals surface area contributed by atoms with Crippen molar-refractivity contribution in [3.8, 4) is 11.5 Å². The fourth-order valence-electron chi connectivity index (χ4n) is 2.60. The van der Waals surface area contributed by atoms with Gasteiger partial charge in [-0.05, 0) is 60.5 Å². The van der Waals surface area contributed by atoms with Gasteiger partial charge in [-0.1, -0.05) is 35.9 Å². The second-order valence-electron chi connectivity index (χ2n) is 5.80. The number of fused-ring (bicyclic) bond motifs is 1. The van der Waals surface area contributed by atoms with Gasteiger partial charge in [-0.3, -0.25) is 4.99 Å². The highest BCUT2D eigenvalue weighted by Gasteiger charge is 2.09. The smallest absolute Gasteiger partial charge is 0.227 e. The molecule has 1 aromatic heterocycles. The first-order valence-electron chi connectivity index (χ1n) is 7.95. The Morgan fingerprint density at radius 2 is 1.72 bits per heavy atom. The zero-order valence-corrected chi connectivity index (χ0v) is 14.4. The Labute approximate surface area is 150 Å². The molecule has 0 fully saturated rings. The zero-order valence-electron chi connectivity index (χ0n) is 13.6. The molecule has 4 rings (SSSR count). The van der Waals surface area contributed by atoms with Crippen molar-refractivity contribution < 1.29 is 4.42 Å². The van der Waals surface area contributed by atoms with Crippen LogP contribution in [0, 0.1) is 6.92 Å². The van der Waals surface area contributed by atoms with Crippen LogP contribution in [-0.4, -0.2) is 11.2 Å². The number of hydrogen-bond donors (Lipinski definition) is 0. The van der Waals surface area contributed by atoms with Crippen LogP contribution < -0.4 is 0 Å². The molecule has 0 spiro atoms. The van der Waals surface area contributed by atoms with E-state index in [9.17, 15) is 0 Å². The summed E-state index contributed by atoms with van der Waals surface area (Å²) in [5.41, 5.74) is 5.62. The van der Waals surface area contributed by atoms with Crippen molar-refractivity contribution in [2.24, 2.45) is 4.99 Å². The van der Waals surface area contributed by atoms with E-state index in [1.165, 1.54) is 0 Å². The molecule has 0 saturated heterocycles. The average molecular weight is 347 g/mol. The third-order valence-corrected chi connectivity index (χ3v) is 4.22. The summed E-state index contributed by atoms with van der Waals surface area (Å²) in [6.45, 7) is 2.03. The van der Waals surface area contributed by atoms with E-state index in [1.54, 1.807) is 0 Å². The highest BCUT2D eigenvalue weighted by molar-refractivity contribution is 6.30. The molecule has 0 unspecified atom stereocenters. The molecule has 3 nitrogen and oxygen atoms in total. The van der Waals surface area contributed by atoms with Crippen LogP contribution in [0.1, 0.15) is 11.1 Å². The maximum absolute atomic E-state index is 5.88. The van der Waals surface area contributed by atoms with Gasteiger partial charge >= 0.3 is 0 Å². The minimum Gasteiger partial charge on any atom is -0.436 e. The standard InChI is InChI=1S/C21H15ClN2O/c1-14-3-2-4-19-20(14)24-21(25-19)16-7-11-18(12-8-16)23-13-15-5-9-17(22)10-6-15/h2-13H,1H3. The van der Waals surface area contributed by atoms with Crippen LogP contribution in [0.3, 0.4) is 0 Å². The molecular weight excluding hydrogens is 332 g/mol. The van der Waals surface area contributed by atoms with Gasteiger partial charge in [0, 0.05) is 16.8 Å². The van der Waals surface area contributed by atoms with Gasteiger partial charge in [0.25, 0.3) is 0 Å². The number of oxazole rings is 1. The number of rotatable bonds is 3. The second-order valence-corrected chi connectivity index (χ2v) is 6.23. The molecule has 0 saturated carbocycles. The zero-order chi connectivity index (χ0) is 17.2. The Balaban J connectivity index is 1.58. The second kappa shape index (κ2) is 6.54. The molecule has 0 N–H and O–H groups in total. The first-order chi connectivity index (χ1) is 12.2. The Hall–Kier alpha value is -2.91. The molecule has 4 heteroatoms. The Morgan fingerprint density at radius 1 is 0.960 bits per heavy atom. The van der Waals surface area contributed by atoms with Crippen LogP contribution in [0.5, 0.6) is 0 Å². The molecule has 1 heterocycles. The van der Waals surface area contributed by atoms with Crippen LogP contribution in [0.2, 0.25) is 5.02 Å². The van der Waals surface area contributed by atoms with Crippen LogP contribution >= 0.6 is 11.6 Å². The van der Waals surface area contributed by atoms with E-state index >= 15 is 0 Å². The van der Waals surface area contributed by atoms with Crippen LogP contribution in [0.25, 0.3) is 22.6 Å². The lowest BCUT2D eigenvalue weighted by Gasteiger charge is -1.97. The largest absolute Gasteiger partial charge is 0.436 e. The Morgan fingerprint density at radius 3 is 2.44 bits per heavy atom. The summed E-state index contributed by atoms with van der Waals surface area (Å²) in [5.74, 6) is 0.623. The summed E-state index contributed by atoms with van der Waals surface area (Å²) in [6, 6.07) is 21.3. The van der Waals surface area contributed by atoms with Crippen molar-refractivity contribution in [3.63, 3.8) is 0 Å². The number of halogens is 1. The van der Waals surface area contributed by atoms with Gasteiger partial charge in [0.1, 0.15) is 5.52 Å². The Kier molecular flexibility index (Phi) is 4.08. The number of nitrogens with zero attached hydrogens (tertiary/aromatic N) is 2. The van der Waals surface area contributed by atoms with E-state index in [1.807, 2.05) is 79.9 Å². The van der Waals surface area contributed by atoms with Crippen molar-refractivity contribution in [2.75, 3.05) is 0 Å². The molecule has 0 atom stereocenters. The van der Waals surface area contributed by atoms with E-state index in [4.69, 9.17) is 16.0 Å². The monoisotopic (exact) mass is 346 g/mol. The first kappa shape index (κ1) is 15.6. The molecule has 122 valence electrons. The van der Waals surface area contributed by atoms with Gasteiger partial charge in [0.05, 0.1) is 5.69 Å². The average Bonchev–Trinajstić information content (AvgIpc) is 3.07. The van der Waals surface area contributed by atoms with Crippen molar-refractivity contribution in [3.05, 3.63) is 82.9 Å². The third kappa shape index (κ3) is 3.32. The normalized spacial score (nSPS) is 11.4. The topological polar surface area (TPSA) is 38.4 Å². The summed E-state index contributed by atoms with van der Waals surface area (Å²) in [6.07, 6.45) is 1.81. The third-order valence-electron chi connectivity index (χ3n) is 3.97. The van der Waals surface area contributed by atoms with E-state index < -0.39 is 0 Å². The minimum absolute atomic E-state index is 0.623. The van der Waals surface area contributed by atoms with Gasteiger partial charge in [-0.25, -0.2) is 4.98 Å². The maximum Gasteiger partial charge on any atom is 0.227 e.